The molecule has 6 heteroatoms. The van der Waals surface area contributed by atoms with Crippen LogP contribution in [0.25, 0.3) is 10.8 Å². The summed E-state index contributed by atoms with van der Waals surface area (Å²) < 4.78 is 33.6. The molecule has 1 N–H and O–H groups in total. The molecule has 1 fully saturated rings. The summed E-state index contributed by atoms with van der Waals surface area (Å²) in [4.78, 5) is 12.5. The number of hydrogen-bond acceptors (Lipinski definition) is 4. The molecule has 0 aromatic heterocycles. The van der Waals surface area contributed by atoms with Crippen molar-refractivity contribution in [3.05, 3.63) is 72.3 Å². The third kappa shape index (κ3) is 4.59. The lowest BCUT2D eigenvalue weighted by Gasteiger charge is -2.21. The van der Waals surface area contributed by atoms with Crippen LogP contribution in [0, 0.1) is 0 Å². The van der Waals surface area contributed by atoms with E-state index in [1.54, 1.807) is 42.5 Å². The van der Waals surface area contributed by atoms with E-state index >= 15 is 0 Å². The molecule has 29 heavy (non-hydrogen) atoms. The van der Waals surface area contributed by atoms with E-state index in [1.807, 2.05) is 24.3 Å². The van der Waals surface area contributed by atoms with Gasteiger partial charge in [-0.2, -0.15) is 0 Å². The van der Waals surface area contributed by atoms with Crippen molar-refractivity contribution in [2.45, 2.75) is 43.1 Å². The van der Waals surface area contributed by atoms with Gasteiger partial charge < -0.3 is 4.74 Å². The Morgan fingerprint density at radius 2 is 1.55 bits per heavy atom. The number of nitrogens with one attached hydrogen (secondary N) is 1. The van der Waals surface area contributed by atoms with E-state index in [4.69, 9.17) is 4.74 Å². The van der Waals surface area contributed by atoms with Crippen molar-refractivity contribution in [3.8, 4) is 0 Å². The Labute approximate surface area is 170 Å². The van der Waals surface area contributed by atoms with Crippen molar-refractivity contribution in [1.29, 1.82) is 0 Å². The Balaban J connectivity index is 1.46. The first-order valence-electron chi connectivity index (χ1n) is 9.84. The molecule has 3 aromatic carbocycles. The largest absolute Gasteiger partial charge is 0.459 e. The number of benzene rings is 3. The van der Waals surface area contributed by atoms with Gasteiger partial charge in [-0.25, -0.2) is 13.2 Å². The monoisotopic (exact) mass is 409 g/mol. The maximum atomic E-state index is 12.7. The van der Waals surface area contributed by atoms with Gasteiger partial charge in [-0.1, -0.05) is 36.8 Å². The maximum absolute atomic E-state index is 12.7. The van der Waals surface area contributed by atoms with Crippen LogP contribution in [0.15, 0.2) is 71.6 Å². The summed E-state index contributed by atoms with van der Waals surface area (Å²) in [5.74, 6) is -0.360. The standard InChI is InChI=1S/C23H23NO4S/c25-23(28-21-8-2-1-3-9-21)18-10-13-20(14-11-18)24-29(26,27)22-15-12-17-6-4-5-7-19(17)16-22/h4-7,10-16,21,24H,1-3,8-9H2. The predicted molar refractivity (Wildman–Crippen MR) is 113 cm³/mol. The highest BCUT2D eigenvalue weighted by Gasteiger charge is 2.19. The third-order valence-electron chi connectivity index (χ3n) is 5.23. The smallest absolute Gasteiger partial charge is 0.338 e. The van der Waals surface area contributed by atoms with E-state index in [-0.39, 0.29) is 17.0 Å². The number of anilines is 1. The number of ether oxygens (including phenoxy) is 1. The van der Waals surface area contributed by atoms with Crippen LogP contribution in [0.3, 0.4) is 0 Å². The van der Waals surface area contributed by atoms with Gasteiger partial charge in [0, 0.05) is 5.69 Å². The lowest BCUT2D eigenvalue weighted by molar-refractivity contribution is 0.0211. The summed E-state index contributed by atoms with van der Waals surface area (Å²) >= 11 is 0. The highest BCUT2D eigenvalue weighted by Crippen LogP contribution is 2.23. The van der Waals surface area contributed by atoms with Crippen molar-refractivity contribution in [2.24, 2.45) is 0 Å². The number of fused-ring (bicyclic) bond motifs is 1. The fourth-order valence-electron chi connectivity index (χ4n) is 3.63. The molecule has 0 radical (unpaired) electrons. The molecule has 0 aliphatic heterocycles. The van der Waals surface area contributed by atoms with Crippen LogP contribution < -0.4 is 4.72 Å². The van der Waals surface area contributed by atoms with Crippen LogP contribution in [-0.4, -0.2) is 20.5 Å². The molecular formula is C23H23NO4S. The molecule has 0 bridgehead atoms. The molecule has 0 amide bonds. The molecule has 0 unspecified atom stereocenters. The van der Waals surface area contributed by atoms with Crippen molar-refractivity contribution in [1.82, 2.24) is 0 Å². The molecule has 1 aliphatic rings. The molecule has 1 saturated carbocycles. The molecule has 0 saturated heterocycles. The third-order valence-corrected chi connectivity index (χ3v) is 6.61. The van der Waals surface area contributed by atoms with Gasteiger partial charge in [-0.05, 0) is 72.9 Å². The highest BCUT2D eigenvalue weighted by atomic mass is 32.2. The summed E-state index contributed by atoms with van der Waals surface area (Å²) in [7, 11) is -3.73. The molecule has 4 rings (SSSR count). The molecular weight excluding hydrogens is 386 g/mol. The Morgan fingerprint density at radius 3 is 2.28 bits per heavy atom. The summed E-state index contributed by atoms with van der Waals surface area (Å²) in [5, 5.41) is 1.84. The summed E-state index contributed by atoms with van der Waals surface area (Å²) in [6.07, 6.45) is 5.19. The fraction of sp³-hybridized carbons (Fsp3) is 0.261. The van der Waals surface area contributed by atoms with E-state index in [9.17, 15) is 13.2 Å². The maximum Gasteiger partial charge on any atom is 0.338 e. The Morgan fingerprint density at radius 1 is 0.862 bits per heavy atom. The van der Waals surface area contributed by atoms with Crippen LogP contribution in [0.1, 0.15) is 42.5 Å². The van der Waals surface area contributed by atoms with E-state index in [0.29, 0.717) is 11.3 Å². The van der Waals surface area contributed by atoms with Crippen molar-refractivity contribution < 1.29 is 17.9 Å². The average molecular weight is 410 g/mol. The minimum atomic E-state index is -3.73. The molecule has 3 aromatic rings. The van der Waals surface area contributed by atoms with E-state index in [0.717, 1.165) is 36.5 Å². The van der Waals surface area contributed by atoms with Gasteiger partial charge in [0.25, 0.3) is 10.0 Å². The van der Waals surface area contributed by atoms with Crippen LogP contribution in [0.5, 0.6) is 0 Å². The van der Waals surface area contributed by atoms with Gasteiger partial charge in [0.2, 0.25) is 0 Å². The Hall–Kier alpha value is -2.86. The van der Waals surface area contributed by atoms with Crippen LogP contribution in [-0.2, 0) is 14.8 Å². The number of hydrogen-bond donors (Lipinski definition) is 1. The van der Waals surface area contributed by atoms with Crippen LogP contribution in [0.4, 0.5) is 5.69 Å². The average Bonchev–Trinajstić information content (AvgIpc) is 2.74. The van der Waals surface area contributed by atoms with Crippen molar-refractivity contribution in [3.63, 3.8) is 0 Å². The zero-order valence-electron chi connectivity index (χ0n) is 16.0. The minimum Gasteiger partial charge on any atom is -0.459 e. The quantitative estimate of drug-likeness (QED) is 0.593. The van der Waals surface area contributed by atoms with Gasteiger partial charge in [-0.15, -0.1) is 0 Å². The number of rotatable bonds is 5. The summed E-state index contributed by atoms with van der Waals surface area (Å²) in [6, 6.07) is 18.9. The molecule has 1 aliphatic carbocycles. The van der Waals surface area contributed by atoms with E-state index in [1.165, 1.54) is 6.42 Å². The van der Waals surface area contributed by atoms with E-state index < -0.39 is 10.0 Å². The first kappa shape index (κ1) is 19.5. The summed E-state index contributed by atoms with van der Waals surface area (Å²) in [6.45, 7) is 0. The first-order chi connectivity index (χ1) is 14.0. The van der Waals surface area contributed by atoms with Gasteiger partial charge in [0.15, 0.2) is 0 Å². The van der Waals surface area contributed by atoms with Gasteiger partial charge in [0.1, 0.15) is 6.10 Å². The molecule has 150 valence electrons. The van der Waals surface area contributed by atoms with Gasteiger partial charge in [-0.3, -0.25) is 4.72 Å². The molecule has 5 nitrogen and oxygen atoms in total. The lowest BCUT2D eigenvalue weighted by Crippen LogP contribution is -2.21. The predicted octanol–water partition coefficient (Wildman–Crippen LogP) is 5.13. The fourth-order valence-corrected chi connectivity index (χ4v) is 4.72. The SMILES string of the molecule is O=C(OC1CCCCC1)c1ccc(NS(=O)(=O)c2ccc3ccccc3c2)cc1. The second kappa shape index (κ2) is 8.25. The number of carbonyl (C=O) groups excluding carboxylic acids is 1. The van der Waals surface area contributed by atoms with Crippen LogP contribution in [0.2, 0.25) is 0 Å². The number of sulfonamides is 1. The second-order valence-corrected chi connectivity index (χ2v) is 9.04. The Kier molecular flexibility index (Phi) is 5.53. The zero-order valence-corrected chi connectivity index (χ0v) is 16.8. The minimum absolute atomic E-state index is 0.0117. The molecule has 0 atom stereocenters. The molecule has 0 heterocycles. The second-order valence-electron chi connectivity index (χ2n) is 7.36. The van der Waals surface area contributed by atoms with Gasteiger partial charge >= 0.3 is 5.97 Å². The molecule has 0 spiro atoms. The van der Waals surface area contributed by atoms with Crippen molar-refractivity contribution in [2.75, 3.05) is 4.72 Å². The van der Waals surface area contributed by atoms with Crippen LogP contribution >= 0.6 is 0 Å². The van der Waals surface area contributed by atoms with E-state index in [2.05, 4.69) is 4.72 Å². The topological polar surface area (TPSA) is 72.5 Å². The van der Waals surface area contributed by atoms with Crippen molar-refractivity contribution >= 4 is 32.5 Å². The zero-order chi connectivity index (χ0) is 20.3. The summed E-state index contributed by atoms with van der Waals surface area (Å²) in [5.41, 5.74) is 0.816. The normalized spacial score (nSPS) is 15.2. The van der Waals surface area contributed by atoms with Gasteiger partial charge in [0.05, 0.1) is 10.5 Å². The number of carbonyl (C=O) groups is 1. The number of esters is 1. The Bertz CT molecular complexity index is 1120. The highest BCUT2D eigenvalue weighted by molar-refractivity contribution is 7.92. The first-order valence-corrected chi connectivity index (χ1v) is 11.3. The lowest BCUT2D eigenvalue weighted by atomic mass is 9.98.